The van der Waals surface area contributed by atoms with Gasteiger partial charge in [0.2, 0.25) is 17.7 Å². The van der Waals surface area contributed by atoms with Crippen molar-refractivity contribution >= 4 is 5.91 Å². The predicted octanol–water partition coefficient (Wildman–Crippen LogP) is 1.70. The quantitative estimate of drug-likeness (QED) is 0.814. The largest absolute Gasteiger partial charge is 0.480 e. The number of aromatic nitrogens is 3. The Labute approximate surface area is 146 Å². The third kappa shape index (κ3) is 4.07. The van der Waals surface area contributed by atoms with E-state index >= 15 is 0 Å². The van der Waals surface area contributed by atoms with E-state index in [4.69, 9.17) is 14.0 Å². The zero-order valence-corrected chi connectivity index (χ0v) is 14.7. The summed E-state index contributed by atoms with van der Waals surface area (Å²) in [7, 11) is 1.53. The highest BCUT2D eigenvalue weighted by Gasteiger charge is 2.26. The van der Waals surface area contributed by atoms with E-state index in [1.54, 1.807) is 6.20 Å². The standard InChI is InChI=1S/C17H22N4O4/c1-11-14(12(2)25-20-11)7-17(22)21-6-4-5-13(10-21)24-16-9-18-8-15(19-16)23-3/h8-9,13H,4-7,10H2,1-3H3/t13-/m0/s1. The Morgan fingerprint density at radius 3 is 2.88 bits per heavy atom. The lowest BCUT2D eigenvalue weighted by Gasteiger charge is -2.32. The number of hydrogen-bond donors (Lipinski definition) is 0. The molecule has 1 aliphatic heterocycles. The number of methoxy groups -OCH3 is 1. The molecule has 0 N–H and O–H groups in total. The van der Waals surface area contributed by atoms with E-state index in [1.807, 2.05) is 18.7 Å². The summed E-state index contributed by atoms with van der Waals surface area (Å²) in [6.07, 6.45) is 5.01. The SMILES string of the molecule is COc1cncc(O[C@H]2CCCN(C(=O)Cc3c(C)noc3C)C2)n1. The van der Waals surface area contributed by atoms with Gasteiger partial charge < -0.3 is 18.9 Å². The number of nitrogens with zero attached hydrogens (tertiary/aromatic N) is 4. The number of hydrogen-bond acceptors (Lipinski definition) is 7. The van der Waals surface area contributed by atoms with Crippen molar-refractivity contribution in [3.05, 3.63) is 29.4 Å². The Morgan fingerprint density at radius 1 is 1.36 bits per heavy atom. The molecule has 3 rings (SSSR count). The molecule has 0 aromatic carbocycles. The molecule has 0 saturated carbocycles. The van der Waals surface area contributed by atoms with Crippen LogP contribution in [0.5, 0.6) is 11.8 Å². The van der Waals surface area contributed by atoms with E-state index in [9.17, 15) is 4.79 Å². The minimum atomic E-state index is -0.108. The summed E-state index contributed by atoms with van der Waals surface area (Å²) in [4.78, 5) is 22.7. The molecule has 3 heterocycles. The Kier molecular flexibility index (Phi) is 5.16. The first-order chi connectivity index (χ1) is 12.1. The molecule has 1 amide bonds. The summed E-state index contributed by atoms with van der Waals surface area (Å²) in [6.45, 7) is 4.93. The van der Waals surface area contributed by atoms with Crippen LogP contribution < -0.4 is 9.47 Å². The Morgan fingerprint density at radius 2 is 2.16 bits per heavy atom. The Balaban J connectivity index is 1.61. The molecule has 1 aliphatic rings. The Hall–Kier alpha value is -2.64. The summed E-state index contributed by atoms with van der Waals surface area (Å²) >= 11 is 0. The molecule has 0 radical (unpaired) electrons. The van der Waals surface area contributed by atoms with Crippen LogP contribution in [-0.4, -0.2) is 52.2 Å². The molecule has 2 aromatic heterocycles. The highest BCUT2D eigenvalue weighted by Crippen LogP contribution is 2.20. The first kappa shape index (κ1) is 17.2. The molecule has 8 nitrogen and oxygen atoms in total. The topological polar surface area (TPSA) is 90.6 Å². The van der Waals surface area contributed by atoms with Crippen LogP contribution in [-0.2, 0) is 11.2 Å². The smallest absolute Gasteiger partial charge is 0.235 e. The first-order valence-corrected chi connectivity index (χ1v) is 8.29. The average molecular weight is 346 g/mol. The Bertz CT molecular complexity index is 726. The van der Waals surface area contributed by atoms with Gasteiger partial charge in [-0.15, -0.1) is 0 Å². The molecule has 0 unspecified atom stereocenters. The number of aryl methyl sites for hydroxylation is 2. The molecule has 0 aliphatic carbocycles. The van der Waals surface area contributed by atoms with E-state index in [2.05, 4.69) is 15.1 Å². The van der Waals surface area contributed by atoms with Crippen molar-refractivity contribution in [1.82, 2.24) is 20.0 Å². The van der Waals surface area contributed by atoms with Crippen LogP contribution in [0, 0.1) is 13.8 Å². The lowest BCUT2D eigenvalue weighted by atomic mass is 10.1. The summed E-state index contributed by atoms with van der Waals surface area (Å²) in [6, 6.07) is 0. The van der Waals surface area contributed by atoms with E-state index < -0.39 is 0 Å². The number of amides is 1. The summed E-state index contributed by atoms with van der Waals surface area (Å²) in [5.41, 5.74) is 1.63. The predicted molar refractivity (Wildman–Crippen MR) is 88.5 cm³/mol. The molecule has 25 heavy (non-hydrogen) atoms. The molecule has 1 atom stereocenters. The van der Waals surface area contributed by atoms with Crippen molar-refractivity contribution in [3.8, 4) is 11.8 Å². The zero-order chi connectivity index (χ0) is 17.8. The van der Waals surface area contributed by atoms with E-state index in [-0.39, 0.29) is 12.0 Å². The average Bonchev–Trinajstić information content (AvgIpc) is 2.94. The third-order valence-corrected chi connectivity index (χ3v) is 4.33. The molecule has 2 aromatic rings. The summed E-state index contributed by atoms with van der Waals surface area (Å²) < 4.78 is 16.1. The number of carbonyl (C=O) groups excluding carboxylic acids is 1. The summed E-state index contributed by atoms with van der Waals surface area (Å²) in [5, 5.41) is 3.90. The van der Waals surface area contributed by atoms with Crippen LogP contribution in [0.3, 0.4) is 0 Å². The van der Waals surface area contributed by atoms with Gasteiger partial charge in [0.15, 0.2) is 0 Å². The van der Waals surface area contributed by atoms with Gasteiger partial charge in [-0.1, -0.05) is 5.16 Å². The normalized spacial score (nSPS) is 17.4. The van der Waals surface area contributed by atoms with Gasteiger partial charge in [-0.3, -0.25) is 9.78 Å². The van der Waals surface area contributed by atoms with Crippen molar-refractivity contribution in [2.45, 2.75) is 39.2 Å². The van der Waals surface area contributed by atoms with Crippen LogP contribution in [0.4, 0.5) is 0 Å². The van der Waals surface area contributed by atoms with E-state index in [0.717, 1.165) is 30.6 Å². The maximum Gasteiger partial charge on any atom is 0.235 e. The monoisotopic (exact) mass is 346 g/mol. The highest BCUT2D eigenvalue weighted by molar-refractivity contribution is 5.79. The summed E-state index contributed by atoms with van der Waals surface area (Å²) in [5.74, 6) is 1.56. The maximum absolute atomic E-state index is 12.6. The van der Waals surface area contributed by atoms with Crippen LogP contribution in [0.1, 0.15) is 29.9 Å². The van der Waals surface area contributed by atoms with E-state index in [1.165, 1.54) is 13.3 Å². The van der Waals surface area contributed by atoms with Gasteiger partial charge in [0.1, 0.15) is 11.9 Å². The van der Waals surface area contributed by atoms with Gasteiger partial charge >= 0.3 is 0 Å². The van der Waals surface area contributed by atoms with Crippen molar-refractivity contribution in [1.29, 1.82) is 0 Å². The third-order valence-electron chi connectivity index (χ3n) is 4.33. The zero-order valence-electron chi connectivity index (χ0n) is 14.7. The second-order valence-corrected chi connectivity index (χ2v) is 6.10. The molecule has 1 saturated heterocycles. The fourth-order valence-electron chi connectivity index (χ4n) is 2.94. The van der Waals surface area contributed by atoms with Crippen molar-refractivity contribution in [2.24, 2.45) is 0 Å². The van der Waals surface area contributed by atoms with E-state index in [0.29, 0.717) is 30.5 Å². The molecular formula is C17H22N4O4. The van der Waals surface area contributed by atoms with Crippen molar-refractivity contribution < 1.29 is 18.8 Å². The molecule has 1 fully saturated rings. The molecular weight excluding hydrogens is 324 g/mol. The van der Waals surface area contributed by atoms with Crippen LogP contribution >= 0.6 is 0 Å². The highest BCUT2D eigenvalue weighted by atomic mass is 16.5. The molecule has 0 bridgehead atoms. The van der Waals surface area contributed by atoms with Gasteiger partial charge in [-0.2, -0.15) is 4.98 Å². The number of likely N-dealkylation sites (tertiary alicyclic amines) is 1. The molecule has 0 spiro atoms. The van der Waals surface area contributed by atoms with Crippen LogP contribution in [0.25, 0.3) is 0 Å². The number of ether oxygens (including phenoxy) is 2. The van der Waals surface area contributed by atoms with Gasteiger partial charge in [0, 0.05) is 12.1 Å². The lowest BCUT2D eigenvalue weighted by Crippen LogP contribution is -2.45. The second kappa shape index (κ2) is 7.50. The van der Waals surface area contributed by atoms with Crippen LogP contribution in [0.2, 0.25) is 0 Å². The molecule has 134 valence electrons. The van der Waals surface area contributed by atoms with Gasteiger partial charge in [0.25, 0.3) is 0 Å². The van der Waals surface area contributed by atoms with Gasteiger partial charge in [0.05, 0.1) is 38.2 Å². The van der Waals surface area contributed by atoms with Gasteiger partial charge in [-0.05, 0) is 26.7 Å². The fraction of sp³-hybridized carbons (Fsp3) is 0.529. The second-order valence-electron chi connectivity index (χ2n) is 6.10. The maximum atomic E-state index is 12.6. The van der Waals surface area contributed by atoms with Gasteiger partial charge in [-0.25, -0.2) is 0 Å². The molecule has 8 heteroatoms. The van der Waals surface area contributed by atoms with Crippen LogP contribution in [0.15, 0.2) is 16.9 Å². The van der Waals surface area contributed by atoms with Crippen molar-refractivity contribution in [2.75, 3.05) is 20.2 Å². The first-order valence-electron chi connectivity index (χ1n) is 8.29. The number of piperidine rings is 1. The fourth-order valence-corrected chi connectivity index (χ4v) is 2.94. The lowest BCUT2D eigenvalue weighted by molar-refractivity contribution is -0.133. The number of rotatable bonds is 5. The minimum Gasteiger partial charge on any atom is -0.480 e. The minimum absolute atomic E-state index is 0.0550. The van der Waals surface area contributed by atoms with Crippen molar-refractivity contribution in [3.63, 3.8) is 0 Å². The number of carbonyl (C=O) groups is 1.